The summed E-state index contributed by atoms with van der Waals surface area (Å²) in [7, 11) is 0. The van der Waals surface area contributed by atoms with Gasteiger partial charge in [-0.2, -0.15) is 0 Å². The van der Waals surface area contributed by atoms with Crippen LogP contribution in [0.4, 0.5) is 5.82 Å². The Balaban J connectivity index is 1.81. The molecule has 6 nitrogen and oxygen atoms in total. The highest BCUT2D eigenvalue weighted by atomic mass is 16.3. The Morgan fingerprint density at radius 2 is 1.93 bits per heavy atom. The molecule has 1 saturated carbocycles. The molecule has 0 unspecified atom stereocenters. The topological polar surface area (TPSA) is 75.9 Å². The van der Waals surface area contributed by atoms with E-state index in [1.807, 2.05) is 48.1 Å². The Kier molecular flexibility index (Phi) is 6.09. The Bertz CT molecular complexity index is 931. The fourth-order valence-corrected chi connectivity index (χ4v) is 4.27. The lowest BCUT2D eigenvalue weighted by atomic mass is 10.1. The average molecular weight is 394 g/mol. The van der Waals surface area contributed by atoms with E-state index in [2.05, 4.69) is 17.2 Å². The molecule has 1 aromatic carbocycles. The molecule has 0 bridgehead atoms. The molecule has 0 saturated heterocycles. The molecule has 3 aromatic rings. The zero-order valence-electron chi connectivity index (χ0n) is 17.4. The molecule has 2 atom stereocenters. The lowest BCUT2D eigenvalue weighted by Gasteiger charge is -2.22. The number of rotatable bonds is 8. The number of hydrogen-bond donors (Lipinski definition) is 2. The number of anilines is 1. The maximum Gasteiger partial charge on any atom is 0.166 e. The lowest BCUT2D eigenvalue weighted by molar-refractivity contribution is 0.125. The minimum atomic E-state index is -0.472. The number of imidazole rings is 1. The van der Waals surface area contributed by atoms with Gasteiger partial charge in [-0.05, 0) is 26.2 Å². The van der Waals surface area contributed by atoms with Gasteiger partial charge in [0.15, 0.2) is 17.3 Å². The predicted molar refractivity (Wildman–Crippen MR) is 117 cm³/mol. The van der Waals surface area contributed by atoms with Gasteiger partial charge in [-0.1, -0.05) is 62.9 Å². The molecule has 1 fully saturated rings. The van der Waals surface area contributed by atoms with Crippen molar-refractivity contribution in [3.63, 3.8) is 0 Å². The van der Waals surface area contributed by atoms with Crippen LogP contribution in [-0.2, 0) is 0 Å². The normalized spacial score (nSPS) is 16.9. The quantitative estimate of drug-likeness (QED) is 0.566. The predicted octanol–water partition coefficient (Wildman–Crippen LogP) is 4.96. The Hall–Kier alpha value is -2.47. The van der Waals surface area contributed by atoms with Gasteiger partial charge in [-0.25, -0.2) is 15.0 Å². The number of nitrogens with zero attached hydrogens (tertiary/aromatic N) is 4. The van der Waals surface area contributed by atoms with Crippen molar-refractivity contribution in [2.75, 3.05) is 5.32 Å². The molecule has 29 heavy (non-hydrogen) atoms. The molecule has 2 heterocycles. The molecular formula is C23H31N5O. The maximum atomic E-state index is 10.4. The van der Waals surface area contributed by atoms with Crippen LogP contribution in [0.5, 0.6) is 0 Å². The van der Waals surface area contributed by atoms with Crippen molar-refractivity contribution in [3.8, 4) is 11.4 Å². The molecular weight excluding hydrogens is 362 g/mol. The Morgan fingerprint density at radius 3 is 2.62 bits per heavy atom. The summed E-state index contributed by atoms with van der Waals surface area (Å²) < 4.78 is 2.05. The SMILES string of the molecule is CCCC[C@@H]([C@@H](C)O)n1cnc2c(NC3CCCC3)nc(-c3ccccc3)nc21. The smallest absolute Gasteiger partial charge is 0.166 e. The molecule has 0 radical (unpaired) electrons. The zero-order valence-corrected chi connectivity index (χ0v) is 17.4. The number of aromatic nitrogens is 4. The minimum Gasteiger partial charge on any atom is -0.391 e. The summed E-state index contributed by atoms with van der Waals surface area (Å²) in [4.78, 5) is 14.4. The first-order valence-corrected chi connectivity index (χ1v) is 10.9. The second-order valence-electron chi connectivity index (χ2n) is 8.16. The first-order chi connectivity index (χ1) is 14.2. The van der Waals surface area contributed by atoms with Gasteiger partial charge in [0.05, 0.1) is 18.5 Å². The third-order valence-corrected chi connectivity index (χ3v) is 5.92. The van der Waals surface area contributed by atoms with Gasteiger partial charge < -0.3 is 15.0 Å². The summed E-state index contributed by atoms with van der Waals surface area (Å²) in [5, 5.41) is 14.1. The first-order valence-electron chi connectivity index (χ1n) is 10.9. The summed E-state index contributed by atoms with van der Waals surface area (Å²) in [6.07, 6.45) is 9.24. The molecule has 1 aliphatic rings. The van der Waals surface area contributed by atoms with Crippen LogP contribution in [0.15, 0.2) is 36.7 Å². The standard InChI is InChI=1S/C23H31N5O/c1-3-4-14-19(16(2)29)28-15-24-20-22(25-18-12-8-9-13-18)26-21(27-23(20)28)17-10-6-5-7-11-17/h5-7,10-11,15-16,18-19,29H,3-4,8-9,12-14H2,1-2H3,(H,25,26,27)/t16-,19+/m1/s1. The Labute approximate surface area is 172 Å². The maximum absolute atomic E-state index is 10.4. The van der Waals surface area contributed by atoms with Gasteiger partial charge >= 0.3 is 0 Å². The number of nitrogens with one attached hydrogen (secondary N) is 1. The fraction of sp³-hybridized carbons (Fsp3) is 0.522. The van der Waals surface area contributed by atoms with E-state index in [9.17, 15) is 5.11 Å². The minimum absolute atomic E-state index is 0.0437. The van der Waals surface area contributed by atoms with Crippen LogP contribution in [-0.4, -0.2) is 36.8 Å². The van der Waals surface area contributed by atoms with Gasteiger partial charge in [0.25, 0.3) is 0 Å². The van der Waals surface area contributed by atoms with Crippen LogP contribution < -0.4 is 5.32 Å². The summed E-state index contributed by atoms with van der Waals surface area (Å²) in [5.74, 6) is 1.50. The van der Waals surface area contributed by atoms with E-state index in [1.54, 1.807) is 0 Å². The van der Waals surface area contributed by atoms with Crippen molar-refractivity contribution in [1.29, 1.82) is 0 Å². The molecule has 0 aliphatic heterocycles. The Morgan fingerprint density at radius 1 is 1.17 bits per heavy atom. The van der Waals surface area contributed by atoms with Crippen LogP contribution >= 0.6 is 0 Å². The number of aliphatic hydroxyl groups excluding tert-OH is 1. The molecule has 2 N–H and O–H groups in total. The molecule has 2 aromatic heterocycles. The second-order valence-corrected chi connectivity index (χ2v) is 8.16. The van der Waals surface area contributed by atoms with Crippen molar-refractivity contribution in [3.05, 3.63) is 36.7 Å². The van der Waals surface area contributed by atoms with Crippen molar-refractivity contribution in [1.82, 2.24) is 19.5 Å². The molecule has 0 spiro atoms. The van der Waals surface area contributed by atoms with Crippen molar-refractivity contribution in [2.24, 2.45) is 0 Å². The first kappa shape index (κ1) is 19.8. The monoisotopic (exact) mass is 393 g/mol. The van der Waals surface area contributed by atoms with Crippen molar-refractivity contribution >= 4 is 17.0 Å². The van der Waals surface area contributed by atoms with E-state index >= 15 is 0 Å². The van der Waals surface area contributed by atoms with Crippen LogP contribution in [0.2, 0.25) is 0 Å². The van der Waals surface area contributed by atoms with Crippen LogP contribution in [0.25, 0.3) is 22.6 Å². The summed E-state index contributed by atoms with van der Waals surface area (Å²) >= 11 is 0. The third-order valence-electron chi connectivity index (χ3n) is 5.92. The van der Waals surface area contributed by atoms with E-state index in [-0.39, 0.29) is 6.04 Å². The van der Waals surface area contributed by atoms with Crippen LogP contribution in [0.1, 0.15) is 64.8 Å². The number of aliphatic hydroxyl groups is 1. The van der Waals surface area contributed by atoms with E-state index in [4.69, 9.17) is 9.97 Å². The molecule has 0 amide bonds. The largest absolute Gasteiger partial charge is 0.391 e. The highest BCUT2D eigenvalue weighted by Gasteiger charge is 2.24. The van der Waals surface area contributed by atoms with Crippen molar-refractivity contribution in [2.45, 2.75) is 77.0 Å². The highest BCUT2D eigenvalue weighted by molar-refractivity contribution is 5.85. The van der Waals surface area contributed by atoms with E-state index in [0.29, 0.717) is 11.9 Å². The highest BCUT2D eigenvalue weighted by Crippen LogP contribution is 2.31. The van der Waals surface area contributed by atoms with Crippen molar-refractivity contribution < 1.29 is 5.11 Å². The van der Waals surface area contributed by atoms with Gasteiger partial charge in [0, 0.05) is 11.6 Å². The lowest BCUT2D eigenvalue weighted by Crippen LogP contribution is -2.21. The zero-order chi connectivity index (χ0) is 20.2. The summed E-state index contributed by atoms with van der Waals surface area (Å²) in [5.41, 5.74) is 2.57. The molecule has 6 heteroatoms. The second kappa shape index (κ2) is 8.91. The number of unbranched alkanes of at least 4 members (excludes halogenated alkanes) is 1. The van der Waals surface area contributed by atoms with E-state index in [1.165, 1.54) is 25.7 Å². The van der Waals surface area contributed by atoms with Gasteiger partial charge in [-0.15, -0.1) is 0 Å². The van der Waals surface area contributed by atoms with E-state index in [0.717, 1.165) is 41.8 Å². The average Bonchev–Trinajstić information content (AvgIpc) is 3.39. The fourth-order valence-electron chi connectivity index (χ4n) is 4.27. The summed E-state index contributed by atoms with van der Waals surface area (Å²) in [6.45, 7) is 4.02. The van der Waals surface area contributed by atoms with Gasteiger partial charge in [0.1, 0.15) is 5.52 Å². The summed E-state index contributed by atoms with van der Waals surface area (Å²) in [6, 6.07) is 10.5. The van der Waals surface area contributed by atoms with Gasteiger partial charge in [-0.3, -0.25) is 0 Å². The molecule has 154 valence electrons. The van der Waals surface area contributed by atoms with Crippen LogP contribution in [0, 0.1) is 0 Å². The molecule has 1 aliphatic carbocycles. The number of benzene rings is 1. The van der Waals surface area contributed by atoms with Crippen LogP contribution in [0.3, 0.4) is 0 Å². The van der Waals surface area contributed by atoms with Gasteiger partial charge in [0.2, 0.25) is 0 Å². The number of hydrogen-bond acceptors (Lipinski definition) is 5. The number of fused-ring (bicyclic) bond motifs is 1. The third kappa shape index (κ3) is 4.27. The van der Waals surface area contributed by atoms with E-state index < -0.39 is 6.10 Å². The molecule has 4 rings (SSSR count).